The number of ether oxygens (including phenoxy) is 3. The lowest BCUT2D eigenvalue weighted by molar-refractivity contribution is -0.484. The first-order valence-corrected chi connectivity index (χ1v) is 10.2. The number of hydrogen-bond donors (Lipinski definition) is 0. The smallest absolute Gasteiger partial charge is 0.321 e. The highest BCUT2D eigenvalue weighted by Crippen LogP contribution is 2.31. The first-order chi connectivity index (χ1) is 14.9. The summed E-state index contributed by atoms with van der Waals surface area (Å²) in [4.78, 5) is 35.8. The maximum Gasteiger partial charge on any atom is 0.321 e. The average molecular weight is 429 g/mol. The highest BCUT2D eigenvalue weighted by molar-refractivity contribution is 5.96. The Bertz CT molecular complexity index is 877. The number of nitrogens with zero attached hydrogens (tertiary/aromatic N) is 1. The van der Waals surface area contributed by atoms with Crippen LogP contribution in [0.4, 0.5) is 0 Å². The van der Waals surface area contributed by atoms with Gasteiger partial charge < -0.3 is 14.2 Å². The Morgan fingerprint density at radius 2 is 1.55 bits per heavy atom. The van der Waals surface area contributed by atoms with Gasteiger partial charge in [0.1, 0.15) is 11.5 Å². The number of carbonyl (C=O) groups is 2. The summed E-state index contributed by atoms with van der Waals surface area (Å²) in [6, 6.07) is 14.1. The Balaban J connectivity index is 2.38. The fraction of sp³-hybridized carbons (Fsp3) is 0.391. The second kappa shape index (κ2) is 11.7. The fourth-order valence-corrected chi connectivity index (χ4v) is 3.19. The van der Waals surface area contributed by atoms with Crippen LogP contribution in [0.1, 0.15) is 37.8 Å². The van der Waals surface area contributed by atoms with Crippen molar-refractivity contribution in [2.45, 2.75) is 33.1 Å². The zero-order chi connectivity index (χ0) is 22.8. The van der Waals surface area contributed by atoms with Crippen LogP contribution in [0.2, 0.25) is 0 Å². The maximum atomic E-state index is 12.5. The molecule has 1 atom stereocenters. The average Bonchev–Trinajstić information content (AvgIpc) is 2.74. The fourth-order valence-electron chi connectivity index (χ4n) is 3.19. The molecule has 0 spiro atoms. The molecule has 0 aliphatic rings. The molecule has 0 saturated heterocycles. The molecule has 0 aliphatic carbocycles. The van der Waals surface area contributed by atoms with Crippen LogP contribution in [0, 0.1) is 16.0 Å². The second-order valence-electron chi connectivity index (χ2n) is 6.78. The monoisotopic (exact) mass is 429 g/mol. The number of nitro groups is 1. The number of hydrogen-bond acceptors (Lipinski definition) is 7. The molecule has 0 fully saturated rings. The highest BCUT2D eigenvalue weighted by atomic mass is 16.6. The van der Waals surface area contributed by atoms with E-state index >= 15 is 0 Å². The van der Waals surface area contributed by atoms with E-state index in [1.54, 1.807) is 38.1 Å². The topological polar surface area (TPSA) is 105 Å². The molecule has 166 valence electrons. The van der Waals surface area contributed by atoms with Crippen LogP contribution in [0.5, 0.6) is 11.5 Å². The van der Waals surface area contributed by atoms with Crippen molar-refractivity contribution in [1.82, 2.24) is 0 Å². The summed E-state index contributed by atoms with van der Waals surface area (Å²) in [6.45, 7) is 4.69. The Morgan fingerprint density at radius 3 is 2.06 bits per heavy atom. The third kappa shape index (κ3) is 6.80. The summed E-state index contributed by atoms with van der Waals surface area (Å²) in [7, 11) is 0. The van der Waals surface area contributed by atoms with E-state index in [-0.39, 0.29) is 13.2 Å². The molecule has 0 aliphatic heterocycles. The maximum absolute atomic E-state index is 12.5. The summed E-state index contributed by atoms with van der Waals surface area (Å²) < 4.78 is 15.9. The molecule has 0 amide bonds. The van der Waals surface area contributed by atoms with E-state index in [1.165, 1.54) is 5.56 Å². The molecule has 0 bridgehead atoms. The Labute approximate surface area is 181 Å². The van der Waals surface area contributed by atoms with Crippen molar-refractivity contribution in [3.05, 3.63) is 69.8 Å². The number of benzene rings is 2. The number of esters is 2. The summed E-state index contributed by atoms with van der Waals surface area (Å²) >= 11 is 0. The minimum atomic E-state index is -1.45. The number of aryl methyl sites for hydroxylation is 1. The predicted molar refractivity (Wildman–Crippen MR) is 114 cm³/mol. The summed E-state index contributed by atoms with van der Waals surface area (Å²) in [6.07, 6.45) is 0.904. The van der Waals surface area contributed by atoms with Crippen LogP contribution in [0.15, 0.2) is 48.5 Å². The minimum Gasteiger partial charge on any atom is -0.465 e. The van der Waals surface area contributed by atoms with E-state index in [4.69, 9.17) is 14.2 Å². The van der Waals surface area contributed by atoms with Gasteiger partial charge in [-0.05, 0) is 55.7 Å². The van der Waals surface area contributed by atoms with Crippen molar-refractivity contribution >= 4 is 11.9 Å². The molecule has 0 heterocycles. The van der Waals surface area contributed by atoms with E-state index in [9.17, 15) is 19.7 Å². The lowest BCUT2D eigenvalue weighted by Crippen LogP contribution is -2.36. The van der Waals surface area contributed by atoms with Gasteiger partial charge >= 0.3 is 11.9 Å². The van der Waals surface area contributed by atoms with Crippen LogP contribution in [0.25, 0.3) is 0 Å². The highest BCUT2D eigenvalue weighted by Gasteiger charge is 2.41. The van der Waals surface area contributed by atoms with Crippen molar-refractivity contribution < 1.29 is 28.7 Å². The van der Waals surface area contributed by atoms with Gasteiger partial charge in [0.25, 0.3) is 0 Å². The molecule has 2 aromatic rings. The molecule has 0 N–H and O–H groups in total. The van der Waals surface area contributed by atoms with Crippen molar-refractivity contribution in [3.8, 4) is 11.5 Å². The quantitative estimate of drug-likeness (QED) is 0.229. The van der Waals surface area contributed by atoms with E-state index in [0.717, 1.165) is 6.42 Å². The van der Waals surface area contributed by atoms with Crippen molar-refractivity contribution in [3.63, 3.8) is 0 Å². The van der Waals surface area contributed by atoms with E-state index < -0.39 is 35.2 Å². The van der Waals surface area contributed by atoms with Crippen molar-refractivity contribution in [2.75, 3.05) is 19.8 Å². The van der Waals surface area contributed by atoms with Crippen LogP contribution in [-0.2, 0) is 25.5 Å². The van der Waals surface area contributed by atoms with Gasteiger partial charge in [-0.2, -0.15) is 0 Å². The third-order valence-corrected chi connectivity index (χ3v) is 4.68. The van der Waals surface area contributed by atoms with Crippen LogP contribution < -0.4 is 4.74 Å². The summed E-state index contributed by atoms with van der Waals surface area (Å²) in [5.74, 6) is -3.19. The normalized spacial score (nSPS) is 11.6. The molecule has 1 unspecified atom stereocenters. The third-order valence-electron chi connectivity index (χ3n) is 4.68. The molecule has 2 aromatic carbocycles. The molecule has 2 rings (SSSR count). The van der Waals surface area contributed by atoms with E-state index in [0.29, 0.717) is 17.1 Å². The molecule has 31 heavy (non-hydrogen) atoms. The van der Waals surface area contributed by atoms with Gasteiger partial charge in [0.2, 0.25) is 6.54 Å². The largest absolute Gasteiger partial charge is 0.465 e. The number of rotatable bonds is 11. The van der Waals surface area contributed by atoms with Crippen LogP contribution in [-0.4, -0.2) is 36.6 Å². The SMILES string of the molecule is CCOC(=O)C(C(=O)OCC)C(C[N+](=O)[O-])c1cccc(Oc2ccc(CC)cc2)c1. The van der Waals surface area contributed by atoms with Crippen LogP contribution >= 0.6 is 0 Å². The molecule has 0 radical (unpaired) electrons. The Morgan fingerprint density at radius 1 is 0.935 bits per heavy atom. The van der Waals surface area contributed by atoms with Gasteiger partial charge in [0, 0.05) is 4.92 Å². The molecule has 0 saturated carbocycles. The molecule has 8 nitrogen and oxygen atoms in total. The number of carbonyl (C=O) groups excluding carboxylic acids is 2. The van der Waals surface area contributed by atoms with Crippen molar-refractivity contribution in [1.29, 1.82) is 0 Å². The molecular weight excluding hydrogens is 402 g/mol. The first kappa shape index (κ1) is 23.9. The summed E-state index contributed by atoms with van der Waals surface area (Å²) in [5.41, 5.74) is 1.57. The lowest BCUT2D eigenvalue weighted by Gasteiger charge is -2.22. The molecule has 8 heteroatoms. The van der Waals surface area contributed by atoms with Crippen LogP contribution in [0.3, 0.4) is 0 Å². The molecular formula is C23H27NO7. The minimum absolute atomic E-state index is 0.0385. The van der Waals surface area contributed by atoms with Crippen molar-refractivity contribution in [2.24, 2.45) is 5.92 Å². The van der Waals surface area contributed by atoms with E-state index in [2.05, 4.69) is 6.92 Å². The lowest BCUT2D eigenvalue weighted by atomic mass is 9.85. The van der Waals surface area contributed by atoms with E-state index in [1.807, 2.05) is 24.3 Å². The van der Waals surface area contributed by atoms with Gasteiger partial charge in [-0.1, -0.05) is 31.2 Å². The summed E-state index contributed by atoms with van der Waals surface area (Å²) in [5, 5.41) is 11.4. The standard InChI is InChI=1S/C23H27NO7/c1-4-16-10-12-18(13-11-16)31-19-9-7-8-17(14-19)20(15-24(27)28)21(22(25)29-5-2)23(26)30-6-3/h7-14,20-21H,4-6,15H2,1-3H3. The second-order valence-corrected chi connectivity index (χ2v) is 6.78. The van der Waals surface area contributed by atoms with Gasteiger partial charge in [-0.3, -0.25) is 19.7 Å². The zero-order valence-corrected chi connectivity index (χ0v) is 17.9. The van der Waals surface area contributed by atoms with Gasteiger partial charge in [-0.15, -0.1) is 0 Å². The van der Waals surface area contributed by atoms with Gasteiger partial charge in [-0.25, -0.2) is 0 Å². The Kier molecular flexibility index (Phi) is 8.99. The van der Waals surface area contributed by atoms with Gasteiger partial charge in [0.05, 0.1) is 19.1 Å². The first-order valence-electron chi connectivity index (χ1n) is 10.2. The zero-order valence-electron chi connectivity index (χ0n) is 17.9. The Hall–Kier alpha value is -3.42. The van der Waals surface area contributed by atoms with Gasteiger partial charge in [0.15, 0.2) is 5.92 Å². The molecule has 0 aromatic heterocycles. The predicted octanol–water partition coefficient (Wildman–Crippen LogP) is 4.14.